The molecule has 77 heavy (non-hydrogen) atoms. The minimum atomic E-state index is -1.13. The number of carbonyl (C=O) groups excluding carboxylic acids is 4. The van der Waals surface area contributed by atoms with Gasteiger partial charge < -0.3 is 24.9 Å². The number of terminal acetylenes is 1. The van der Waals surface area contributed by atoms with Gasteiger partial charge >= 0.3 is 11.9 Å². The Kier molecular flexibility index (Phi) is 15.9. The zero-order chi connectivity index (χ0) is 53.0. The van der Waals surface area contributed by atoms with Crippen molar-refractivity contribution in [1.29, 1.82) is 0 Å². The Morgan fingerprint density at radius 1 is 0.688 bits per heavy atom. The van der Waals surface area contributed by atoms with Crippen LogP contribution in [0.25, 0.3) is 0 Å². The summed E-state index contributed by atoms with van der Waals surface area (Å²) < 4.78 is 12.3. The molecule has 0 spiro atoms. The fraction of sp³-hybridized carbons (Fsp3) is 0.111. The number of fused-ring (bicyclic) bond motifs is 1. The summed E-state index contributed by atoms with van der Waals surface area (Å²) in [6.45, 7) is -0.673. The van der Waals surface area contributed by atoms with Crippen LogP contribution < -0.4 is 10.6 Å². The molecule has 0 unspecified atom stereocenters. The molecule has 10 rings (SSSR count). The van der Waals surface area contributed by atoms with Crippen molar-refractivity contribution in [3.63, 3.8) is 0 Å². The Morgan fingerprint density at radius 2 is 1.14 bits per heavy atom. The van der Waals surface area contributed by atoms with Crippen LogP contribution in [-0.2, 0) is 39.0 Å². The normalized spacial score (nSPS) is 15.3. The Morgan fingerprint density at radius 3 is 1.61 bits per heavy atom. The average Bonchev–Trinajstić information content (AvgIpc) is 4.05. The van der Waals surface area contributed by atoms with Gasteiger partial charge in [-0.3, -0.25) is 14.5 Å². The number of esters is 2. The van der Waals surface area contributed by atoms with Gasteiger partial charge in [0.05, 0.1) is 0 Å². The molecule has 3 heterocycles. The Labute approximate surface area is 454 Å². The van der Waals surface area contributed by atoms with Gasteiger partial charge in [-0.05, 0) is 56.7 Å². The number of oxime groups is 1. The van der Waals surface area contributed by atoms with Crippen molar-refractivity contribution in [2.45, 2.75) is 29.2 Å². The Bertz CT molecular complexity index is 3310. The van der Waals surface area contributed by atoms with E-state index in [0.717, 1.165) is 38.9 Å². The first-order valence-electron chi connectivity index (χ1n) is 24.6. The minimum absolute atomic E-state index is 0.0154. The maximum absolute atomic E-state index is 14.8. The third kappa shape index (κ3) is 11.2. The summed E-state index contributed by atoms with van der Waals surface area (Å²) in [5.41, 5.74) is 5.05. The van der Waals surface area contributed by atoms with Crippen LogP contribution in [0, 0.1) is 12.3 Å². The molecule has 2 amide bonds. The number of amides is 2. The predicted molar refractivity (Wildman–Crippen MR) is 299 cm³/mol. The zero-order valence-corrected chi connectivity index (χ0v) is 42.9. The van der Waals surface area contributed by atoms with Crippen molar-refractivity contribution in [1.82, 2.24) is 15.2 Å². The van der Waals surface area contributed by atoms with Crippen molar-refractivity contribution in [3.8, 4) is 12.3 Å². The number of ether oxygens (including phenoxy) is 2. The van der Waals surface area contributed by atoms with Crippen molar-refractivity contribution >= 4 is 57.7 Å². The number of nitrogens with one attached hydrogen (secondary N) is 2. The van der Waals surface area contributed by atoms with Crippen LogP contribution in [0.1, 0.15) is 56.8 Å². The van der Waals surface area contributed by atoms with E-state index < -0.39 is 59.5 Å². The summed E-state index contributed by atoms with van der Waals surface area (Å²) in [5, 5.41) is 12.2. The number of benzene rings is 7. The summed E-state index contributed by atoms with van der Waals surface area (Å²) in [5.74, 6) is -0.152. The molecule has 0 bridgehead atoms. The highest BCUT2D eigenvalue weighted by Crippen LogP contribution is 2.43. The number of thiazole rings is 1. The van der Waals surface area contributed by atoms with Crippen LogP contribution in [0.4, 0.5) is 5.13 Å². The van der Waals surface area contributed by atoms with Crippen LogP contribution in [0.5, 0.6) is 0 Å². The van der Waals surface area contributed by atoms with Gasteiger partial charge in [0.2, 0.25) is 6.61 Å². The molecule has 8 aromatic rings. The van der Waals surface area contributed by atoms with E-state index in [1.165, 1.54) is 34.1 Å². The molecule has 2 aliphatic rings. The Hall–Kier alpha value is -9.29. The molecular formula is C63H49N5O7S2. The first-order chi connectivity index (χ1) is 37.8. The third-order valence-corrected chi connectivity index (χ3v) is 15.0. The molecular weight excluding hydrogens is 1000 g/mol. The van der Waals surface area contributed by atoms with E-state index in [2.05, 4.69) is 21.7 Å². The van der Waals surface area contributed by atoms with Gasteiger partial charge in [0.1, 0.15) is 28.3 Å². The van der Waals surface area contributed by atoms with E-state index >= 15 is 0 Å². The van der Waals surface area contributed by atoms with E-state index in [1.54, 1.807) is 11.5 Å². The summed E-state index contributed by atoms with van der Waals surface area (Å²) in [6, 6.07) is 66.0. The van der Waals surface area contributed by atoms with Gasteiger partial charge in [-0.25, -0.2) is 14.6 Å². The summed E-state index contributed by atoms with van der Waals surface area (Å²) in [4.78, 5) is 69.5. The van der Waals surface area contributed by atoms with E-state index in [0.29, 0.717) is 10.7 Å². The maximum atomic E-state index is 14.8. The second-order valence-electron chi connectivity index (χ2n) is 17.8. The zero-order valence-electron chi connectivity index (χ0n) is 41.3. The summed E-state index contributed by atoms with van der Waals surface area (Å²) in [7, 11) is 0. The minimum Gasteiger partial charge on any atom is -0.450 e. The van der Waals surface area contributed by atoms with Crippen molar-refractivity contribution in [3.05, 3.63) is 286 Å². The van der Waals surface area contributed by atoms with Crippen LogP contribution in [-0.4, -0.2) is 63.1 Å². The third-order valence-electron chi connectivity index (χ3n) is 13.0. The second-order valence-corrected chi connectivity index (χ2v) is 19.7. The lowest BCUT2D eigenvalue weighted by molar-refractivity contribution is -0.154. The van der Waals surface area contributed by atoms with Crippen LogP contribution in [0.15, 0.2) is 246 Å². The molecule has 12 nitrogen and oxygen atoms in total. The molecule has 0 radical (unpaired) electrons. The number of hydrogen-bond donors (Lipinski definition) is 2. The molecule has 1 saturated heterocycles. The highest BCUT2D eigenvalue weighted by Gasteiger charge is 2.55. The predicted octanol–water partition coefficient (Wildman–Crippen LogP) is 10.8. The number of hydrogen-bond acceptors (Lipinski definition) is 12. The first kappa shape index (κ1) is 51.2. The van der Waals surface area contributed by atoms with Crippen molar-refractivity contribution < 1.29 is 33.5 Å². The molecule has 1 aromatic heterocycles. The first-order valence-corrected chi connectivity index (χ1v) is 26.6. The lowest BCUT2D eigenvalue weighted by atomic mass is 9.77. The lowest BCUT2D eigenvalue weighted by Crippen LogP contribution is -2.71. The number of thioether (sulfide) groups is 1. The second kappa shape index (κ2) is 23.9. The molecule has 14 heteroatoms. The van der Waals surface area contributed by atoms with E-state index in [4.69, 9.17) is 25.7 Å². The molecule has 0 saturated carbocycles. The number of aromatic nitrogens is 1. The molecule has 2 atom stereocenters. The fourth-order valence-corrected chi connectivity index (χ4v) is 11.4. The van der Waals surface area contributed by atoms with E-state index in [-0.39, 0.29) is 22.9 Å². The van der Waals surface area contributed by atoms with E-state index in [1.807, 2.05) is 212 Å². The number of nitrogens with zero attached hydrogens (tertiary/aromatic N) is 3. The van der Waals surface area contributed by atoms with Crippen molar-refractivity contribution in [2.75, 3.05) is 17.7 Å². The largest absolute Gasteiger partial charge is 0.450 e. The van der Waals surface area contributed by atoms with Gasteiger partial charge in [0.25, 0.3) is 11.8 Å². The summed E-state index contributed by atoms with van der Waals surface area (Å²) >= 11 is 2.57. The standard InChI is InChI=1S/C63H49N5O7S2/c1-2-3-25-47-41-76-60-54(59(71)68(60)55(47)61(72)75-57(45-30-15-6-16-31-45)46-32-17-7-18-33-46)65-58(70)53(67-73-40-52(69)74-56(43-26-11-4-12-27-43)44-28-13-5-14-29-44)51-42-77-62(64-51)66-63(48-34-19-8-20-35-48,49-36-21-9-22-37-49)50-38-23-10-24-39-50/h1,3-39,42,54,56-57,60H,40-41H2,(H,64,66)(H,65,70)/b25-3+,67-53-/t54-,60-/m1/s1. The number of carbonyl (C=O) groups is 4. The maximum Gasteiger partial charge on any atom is 0.356 e. The molecule has 2 aliphatic heterocycles. The van der Waals surface area contributed by atoms with Gasteiger partial charge in [-0.15, -0.1) is 29.5 Å². The lowest BCUT2D eigenvalue weighted by Gasteiger charge is -2.49. The SMILES string of the molecule is C#C/C=C/C1=C(C(=O)OC(c2ccccc2)c2ccccc2)N2C(=O)[C@@H](NC(=O)/C(=N\OCC(=O)OC(c3ccccc3)c3ccccc3)c3csc(NC(c4ccccc4)(c4ccccc4)c4ccccc4)n3)[C@H]2SC1. The Balaban J connectivity index is 0.955. The molecule has 2 N–H and O–H groups in total. The van der Waals surface area contributed by atoms with Gasteiger partial charge in [-0.2, -0.15) is 0 Å². The average molecular weight is 1050 g/mol. The molecule has 7 aromatic carbocycles. The number of rotatable bonds is 19. The quantitative estimate of drug-likeness (QED) is 0.0200. The topological polar surface area (TPSA) is 149 Å². The summed E-state index contributed by atoms with van der Waals surface area (Å²) in [6.07, 6.45) is 7.14. The number of allylic oxidation sites excluding steroid dienone is 2. The molecule has 0 aliphatic carbocycles. The van der Waals surface area contributed by atoms with Gasteiger partial charge in [-0.1, -0.05) is 223 Å². The number of β-lactam (4-membered cyclic amide) rings is 1. The smallest absolute Gasteiger partial charge is 0.356 e. The highest BCUT2D eigenvalue weighted by molar-refractivity contribution is 8.00. The number of anilines is 1. The highest BCUT2D eigenvalue weighted by atomic mass is 32.2. The van der Waals surface area contributed by atoms with Gasteiger partial charge in [0.15, 0.2) is 23.1 Å². The fourth-order valence-electron chi connectivity index (χ4n) is 9.35. The van der Waals surface area contributed by atoms with Crippen LogP contribution in [0.3, 0.4) is 0 Å². The van der Waals surface area contributed by atoms with Crippen molar-refractivity contribution in [2.24, 2.45) is 5.16 Å². The van der Waals surface area contributed by atoms with E-state index in [9.17, 15) is 19.2 Å². The molecule has 1 fully saturated rings. The van der Waals surface area contributed by atoms with Crippen LogP contribution in [0.2, 0.25) is 0 Å². The monoisotopic (exact) mass is 1050 g/mol. The van der Waals surface area contributed by atoms with Gasteiger partial charge in [0, 0.05) is 11.1 Å². The molecule has 380 valence electrons. The van der Waals surface area contributed by atoms with Crippen LogP contribution >= 0.6 is 23.1 Å².